The lowest BCUT2D eigenvalue weighted by Gasteiger charge is -2.45. The summed E-state index contributed by atoms with van der Waals surface area (Å²) in [5, 5.41) is 16.8. The van der Waals surface area contributed by atoms with Crippen LogP contribution in [0.1, 0.15) is 70.0 Å². The Morgan fingerprint density at radius 1 is 0.685 bits per heavy atom. The lowest BCUT2D eigenvalue weighted by atomic mass is 9.77. The van der Waals surface area contributed by atoms with Crippen LogP contribution in [0.3, 0.4) is 0 Å². The Kier molecular flexibility index (Phi) is 11.4. The van der Waals surface area contributed by atoms with E-state index in [-0.39, 0.29) is 6.54 Å². The number of imidazole rings is 1. The van der Waals surface area contributed by atoms with Gasteiger partial charge in [-0.15, -0.1) is 0 Å². The average Bonchev–Trinajstić information content (AvgIpc) is 3.66. The van der Waals surface area contributed by atoms with E-state index in [0.717, 1.165) is 27.1 Å². The van der Waals surface area contributed by atoms with Crippen LogP contribution in [0.5, 0.6) is 0 Å². The zero-order valence-electron chi connectivity index (χ0n) is 32.0. The number of nitrogens with zero attached hydrogens (tertiary/aromatic N) is 2. The third kappa shape index (κ3) is 7.82. The number of carbonyl (C=O) groups is 1. The topological polar surface area (TPSA) is 85.6 Å². The van der Waals surface area contributed by atoms with Gasteiger partial charge in [0.25, 0.3) is 8.32 Å². The third-order valence-corrected chi connectivity index (χ3v) is 14.8. The van der Waals surface area contributed by atoms with Crippen LogP contribution in [0.25, 0.3) is 0 Å². The van der Waals surface area contributed by atoms with Crippen molar-refractivity contribution in [2.75, 3.05) is 6.54 Å². The van der Waals surface area contributed by atoms with Gasteiger partial charge in [0.2, 0.25) is 0 Å². The molecule has 0 saturated carbocycles. The van der Waals surface area contributed by atoms with Crippen molar-refractivity contribution in [3.05, 3.63) is 187 Å². The van der Waals surface area contributed by atoms with E-state index in [2.05, 4.69) is 128 Å². The van der Waals surface area contributed by atoms with Gasteiger partial charge in [-0.2, -0.15) is 0 Å². The Bertz CT molecular complexity index is 1940. The molecule has 0 radical (unpaired) electrons. The largest absolute Gasteiger partial charge is 0.444 e. The molecular formula is C46H51N3O4Si. The molecule has 1 heterocycles. The van der Waals surface area contributed by atoms with Crippen molar-refractivity contribution in [1.29, 1.82) is 0 Å². The second-order valence-electron chi connectivity index (χ2n) is 15.7. The summed E-state index contributed by atoms with van der Waals surface area (Å²) in [7, 11) is -3.23. The fraction of sp³-hybridized carbons (Fsp3) is 0.261. The van der Waals surface area contributed by atoms with Gasteiger partial charge >= 0.3 is 6.09 Å². The van der Waals surface area contributed by atoms with Gasteiger partial charge in [0, 0.05) is 12.7 Å². The molecule has 7 nitrogen and oxygen atoms in total. The van der Waals surface area contributed by atoms with E-state index in [0.29, 0.717) is 5.69 Å². The third-order valence-electron chi connectivity index (χ3n) is 9.78. The van der Waals surface area contributed by atoms with E-state index in [1.165, 1.54) is 0 Å². The molecule has 6 rings (SSSR count). The van der Waals surface area contributed by atoms with E-state index < -0.39 is 42.8 Å². The van der Waals surface area contributed by atoms with E-state index in [1.807, 2.05) is 87.9 Å². The van der Waals surface area contributed by atoms with Crippen LogP contribution < -0.4 is 15.7 Å². The molecule has 6 aromatic rings. The standard InChI is InChI=1S/C46H51N3O4Si/c1-44(2,3)52-43(51)47-32-41(50)42(53-54(45(4,5)6,38-28-18-10-19-29-38)39-30-20-11-21-31-39)40-33-49(34-48-40)46(35-22-12-7-13-23-35,36-24-14-8-15-25-36)37-26-16-9-17-27-37/h7-31,33-34,41-42,50H,32H2,1-6H3,(H,47,51)/t41-,42-/m1/s1. The van der Waals surface area contributed by atoms with Crippen molar-refractivity contribution in [3.8, 4) is 0 Å². The van der Waals surface area contributed by atoms with E-state index in [9.17, 15) is 9.90 Å². The molecule has 0 aliphatic carbocycles. The Morgan fingerprint density at radius 3 is 1.48 bits per heavy atom. The highest BCUT2D eigenvalue weighted by molar-refractivity contribution is 6.99. The molecule has 1 aromatic heterocycles. The highest BCUT2D eigenvalue weighted by atomic mass is 28.4. The van der Waals surface area contributed by atoms with E-state index >= 15 is 0 Å². The molecule has 8 heteroatoms. The summed E-state index contributed by atoms with van der Waals surface area (Å²) in [5.74, 6) is 0. The minimum Gasteiger partial charge on any atom is -0.444 e. The summed E-state index contributed by atoms with van der Waals surface area (Å²) in [5.41, 5.74) is 2.15. The molecule has 0 unspecified atom stereocenters. The van der Waals surface area contributed by atoms with Crippen molar-refractivity contribution >= 4 is 24.8 Å². The lowest BCUT2D eigenvalue weighted by Crippen LogP contribution is -2.67. The number of nitrogens with one attached hydrogen (secondary N) is 1. The maximum absolute atomic E-state index is 12.9. The molecule has 0 bridgehead atoms. The van der Waals surface area contributed by atoms with Crippen molar-refractivity contribution in [3.63, 3.8) is 0 Å². The maximum atomic E-state index is 12.9. The predicted molar refractivity (Wildman–Crippen MR) is 219 cm³/mol. The lowest BCUT2D eigenvalue weighted by molar-refractivity contribution is 0.0190. The summed E-state index contributed by atoms with van der Waals surface area (Å²) in [6.45, 7) is 11.9. The van der Waals surface area contributed by atoms with Crippen LogP contribution in [0, 0.1) is 0 Å². The second kappa shape index (κ2) is 16.0. The van der Waals surface area contributed by atoms with Crippen molar-refractivity contribution < 1.29 is 19.1 Å². The van der Waals surface area contributed by atoms with Gasteiger partial charge in [0.15, 0.2) is 0 Å². The van der Waals surface area contributed by atoms with Crippen molar-refractivity contribution in [1.82, 2.24) is 14.9 Å². The van der Waals surface area contributed by atoms with Crippen LogP contribution in [0.2, 0.25) is 5.04 Å². The van der Waals surface area contributed by atoms with Gasteiger partial charge in [-0.3, -0.25) is 0 Å². The van der Waals surface area contributed by atoms with E-state index in [1.54, 1.807) is 0 Å². The molecule has 0 aliphatic rings. The smallest absolute Gasteiger partial charge is 0.407 e. The average molecular weight is 738 g/mol. The van der Waals surface area contributed by atoms with E-state index in [4.69, 9.17) is 14.1 Å². The number of ether oxygens (including phenoxy) is 1. The zero-order chi connectivity index (χ0) is 38.4. The van der Waals surface area contributed by atoms with Crippen molar-refractivity contribution in [2.24, 2.45) is 0 Å². The van der Waals surface area contributed by atoms with Crippen LogP contribution in [-0.4, -0.2) is 47.3 Å². The van der Waals surface area contributed by atoms with Gasteiger partial charge in [-0.25, -0.2) is 9.78 Å². The van der Waals surface area contributed by atoms with Crippen LogP contribution in [-0.2, 0) is 14.7 Å². The minimum atomic E-state index is -3.23. The summed E-state index contributed by atoms with van der Waals surface area (Å²) in [6.07, 6.45) is 1.06. The fourth-order valence-corrected chi connectivity index (χ4v) is 12.2. The Balaban J connectivity index is 1.56. The maximum Gasteiger partial charge on any atom is 0.407 e. The highest BCUT2D eigenvalue weighted by Gasteiger charge is 2.53. The number of amides is 1. The molecule has 5 aromatic carbocycles. The number of hydrogen-bond acceptors (Lipinski definition) is 5. The molecule has 1 amide bonds. The summed E-state index contributed by atoms with van der Waals surface area (Å²) in [6, 6.07) is 51.8. The molecule has 0 aliphatic heterocycles. The number of rotatable bonds is 12. The Labute approximate surface area is 320 Å². The molecule has 2 N–H and O–H groups in total. The summed E-state index contributed by atoms with van der Waals surface area (Å²) < 4.78 is 15.3. The minimum absolute atomic E-state index is 0.119. The van der Waals surface area contributed by atoms with Gasteiger partial charge < -0.3 is 24.2 Å². The number of hydrogen-bond donors (Lipinski definition) is 2. The summed E-state index contributed by atoms with van der Waals surface area (Å²) >= 11 is 0. The van der Waals surface area contributed by atoms with Crippen LogP contribution in [0.4, 0.5) is 4.79 Å². The molecule has 0 spiro atoms. The van der Waals surface area contributed by atoms with Crippen molar-refractivity contribution in [2.45, 2.75) is 69.9 Å². The molecule has 0 saturated heterocycles. The molecule has 0 fully saturated rings. The first-order chi connectivity index (χ1) is 25.9. The van der Waals surface area contributed by atoms with Gasteiger partial charge in [-0.05, 0) is 52.9 Å². The highest BCUT2D eigenvalue weighted by Crippen LogP contribution is 2.43. The van der Waals surface area contributed by atoms with Gasteiger partial charge in [-0.1, -0.05) is 172 Å². The molecular weight excluding hydrogens is 687 g/mol. The predicted octanol–water partition coefficient (Wildman–Crippen LogP) is 8.23. The summed E-state index contributed by atoms with van der Waals surface area (Å²) in [4.78, 5) is 18.0. The quantitative estimate of drug-likeness (QED) is 0.0977. The fourth-order valence-electron chi connectivity index (χ4n) is 7.48. The zero-order valence-corrected chi connectivity index (χ0v) is 33.0. The second-order valence-corrected chi connectivity index (χ2v) is 19.9. The molecule has 54 heavy (non-hydrogen) atoms. The number of carbonyl (C=O) groups excluding carboxylic acids is 1. The molecule has 2 atom stereocenters. The van der Waals surface area contributed by atoms with Crippen LogP contribution >= 0.6 is 0 Å². The number of aliphatic hydroxyl groups excluding tert-OH is 1. The number of alkyl carbamates (subject to hydrolysis) is 1. The molecule has 278 valence electrons. The first-order valence-corrected chi connectivity index (χ1v) is 20.4. The number of aromatic nitrogens is 2. The Hall–Kier alpha value is -5.28. The van der Waals surface area contributed by atoms with Crippen LogP contribution in [0.15, 0.2) is 164 Å². The van der Waals surface area contributed by atoms with Gasteiger partial charge in [0.1, 0.15) is 23.3 Å². The SMILES string of the molecule is CC(C)(C)OC(=O)NC[C@@H](O)[C@H](O[Si](c1ccccc1)(c1ccccc1)C(C)(C)C)c1cn(C(c2ccccc2)(c2ccccc2)c2ccccc2)cn1. The number of aliphatic hydroxyl groups is 1. The van der Waals surface area contributed by atoms with Gasteiger partial charge in [0.05, 0.1) is 12.0 Å². The Morgan fingerprint density at radius 2 is 1.09 bits per heavy atom. The number of benzene rings is 5. The monoisotopic (exact) mass is 737 g/mol. The first kappa shape index (κ1) is 38.4. The normalized spacial score (nSPS) is 13.5. The first-order valence-electron chi connectivity index (χ1n) is 18.5.